The fourth-order valence-corrected chi connectivity index (χ4v) is 7.19. The molecule has 1 aromatic carbocycles. The molecule has 0 unspecified atom stereocenters. The van der Waals surface area contributed by atoms with Crippen molar-refractivity contribution in [2.24, 2.45) is 23.7 Å². The molecule has 1 spiro atoms. The number of hydrogen-bond donors (Lipinski definition) is 1. The van der Waals surface area contributed by atoms with Crippen LogP contribution in [0.3, 0.4) is 0 Å². The highest BCUT2D eigenvalue weighted by atomic mass is 15.3. The van der Waals surface area contributed by atoms with E-state index in [4.69, 9.17) is 0 Å². The number of likely N-dealkylation sites (tertiary alicyclic amines) is 1. The summed E-state index contributed by atoms with van der Waals surface area (Å²) in [5.41, 5.74) is 1.85. The van der Waals surface area contributed by atoms with Gasteiger partial charge in [-0.3, -0.25) is 0 Å². The molecule has 1 saturated carbocycles. The van der Waals surface area contributed by atoms with Crippen LogP contribution in [-0.2, 0) is 0 Å². The van der Waals surface area contributed by atoms with Crippen molar-refractivity contribution in [3.8, 4) is 0 Å². The van der Waals surface area contributed by atoms with Gasteiger partial charge in [-0.1, -0.05) is 32.0 Å². The van der Waals surface area contributed by atoms with Gasteiger partial charge in [-0.15, -0.1) is 0 Å². The smallest absolute Gasteiger partial charge is 0.0470 e. The topological polar surface area (TPSA) is 18.5 Å². The number of piperidine rings is 1. The third-order valence-corrected chi connectivity index (χ3v) is 8.92. The van der Waals surface area contributed by atoms with Gasteiger partial charge in [0.15, 0.2) is 0 Å². The van der Waals surface area contributed by atoms with Crippen LogP contribution in [0.4, 0.5) is 5.69 Å². The summed E-state index contributed by atoms with van der Waals surface area (Å²) in [5, 5.41) is 3.72. The Morgan fingerprint density at radius 3 is 2.36 bits per heavy atom. The number of anilines is 1. The Balaban J connectivity index is 1.29. The number of hydrogen-bond acceptors (Lipinski definition) is 3. The third kappa shape index (κ3) is 3.19. The van der Waals surface area contributed by atoms with Gasteiger partial charge in [-0.25, -0.2) is 0 Å². The average molecular weight is 382 g/mol. The van der Waals surface area contributed by atoms with Crippen LogP contribution in [0, 0.1) is 23.7 Å². The molecular weight excluding hydrogens is 342 g/mol. The van der Waals surface area contributed by atoms with Gasteiger partial charge in [-0.2, -0.15) is 0 Å². The van der Waals surface area contributed by atoms with Crippen molar-refractivity contribution in [2.45, 2.75) is 64.0 Å². The number of benzene rings is 1. The number of rotatable bonds is 3. The zero-order chi connectivity index (χ0) is 19.1. The van der Waals surface area contributed by atoms with Crippen LogP contribution >= 0.6 is 0 Å². The van der Waals surface area contributed by atoms with E-state index in [9.17, 15) is 0 Å². The third-order valence-electron chi connectivity index (χ3n) is 8.92. The van der Waals surface area contributed by atoms with Gasteiger partial charge in [0.1, 0.15) is 0 Å². The maximum Gasteiger partial charge on any atom is 0.0470 e. The Morgan fingerprint density at radius 1 is 0.964 bits per heavy atom. The van der Waals surface area contributed by atoms with Gasteiger partial charge >= 0.3 is 0 Å². The van der Waals surface area contributed by atoms with E-state index in [2.05, 4.69) is 59.3 Å². The lowest BCUT2D eigenvalue weighted by atomic mass is 9.73. The van der Waals surface area contributed by atoms with E-state index < -0.39 is 0 Å². The summed E-state index contributed by atoms with van der Waals surface area (Å²) in [6, 6.07) is 12.1. The van der Waals surface area contributed by atoms with Crippen molar-refractivity contribution >= 4 is 5.69 Å². The molecule has 0 radical (unpaired) electrons. The molecule has 1 aromatic rings. The summed E-state index contributed by atoms with van der Waals surface area (Å²) in [7, 11) is 0. The van der Waals surface area contributed by atoms with Crippen molar-refractivity contribution in [1.29, 1.82) is 0 Å². The van der Waals surface area contributed by atoms with Gasteiger partial charge in [0.2, 0.25) is 0 Å². The van der Waals surface area contributed by atoms with E-state index in [1.165, 1.54) is 76.9 Å². The van der Waals surface area contributed by atoms with E-state index in [0.717, 1.165) is 29.7 Å². The van der Waals surface area contributed by atoms with Crippen LogP contribution in [0.15, 0.2) is 30.3 Å². The molecule has 5 rings (SSSR count). The summed E-state index contributed by atoms with van der Waals surface area (Å²) in [4.78, 5) is 5.71. The van der Waals surface area contributed by atoms with Crippen molar-refractivity contribution < 1.29 is 0 Å². The average Bonchev–Trinajstić information content (AvgIpc) is 3.32. The van der Waals surface area contributed by atoms with Crippen LogP contribution in [0.5, 0.6) is 0 Å². The molecule has 3 aliphatic heterocycles. The standard InChI is InChI=1S/C25H39N3/c1-19(2)20-8-10-22(11-9-20)27-14-12-25(13-15-27)24-17-26-16-21(24)18-28(25)23-6-4-3-5-7-23/h3-7,19-22,24,26H,8-18H2,1-2H3/t20?,21-,22?,24-/m1/s1. The maximum atomic E-state index is 3.72. The first-order valence-corrected chi connectivity index (χ1v) is 11.9. The summed E-state index contributed by atoms with van der Waals surface area (Å²) < 4.78 is 0. The van der Waals surface area contributed by atoms with Crippen LogP contribution < -0.4 is 10.2 Å². The Labute approximate surface area is 171 Å². The van der Waals surface area contributed by atoms with Gasteiger partial charge in [0, 0.05) is 55.9 Å². The van der Waals surface area contributed by atoms with Gasteiger partial charge in [0.25, 0.3) is 0 Å². The highest BCUT2D eigenvalue weighted by molar-refractivity contribution is 5.52. The van der Waals surface area contributed by atoms with E-state index in [0.29, 0.717) is 5.54 Å². The van der Waals surface area contributed by atoms with Crippen molar-refractivity contribution in [1.82, 2.24) is 10.2 Å². The molecule has 0 amide bonds. The van der Waals surface area contributed by atoms with Crippen molar-refractivity contribution in [2.75, 3.05) is 37.6 Å². The summed E-state index contributed by atoms with van der Waals surface area (Å²) in [6.45, 7) is 11.2. The quantitative estimate of drug-likeness (QED) is 0.838. The molecule has 4 aliphatic rings. The highest BCUT2D eigenvalue weighted by Gasteiger charge is 2.56. The number of para-hydroxylation sites is 1. The molecule has 0 bridgehead atoms. The second kappa shape index (κ2) is 7.65. The largest absolute Gasteiger partial charge is 0.365 e. The number of nitrogens with one attached hydrogen (secondary N) is 1. The minimum Gasteiger partial charge on any atom is -0.365 e. The first-order chi connectivity index (χ1) is 13.7. The van der Waals surface area contributed by atoms with Crippen LogP contribution in [0.25, 0.3) is 0 Å². The summed E-state index contributed by atoms with van der Waals surface area (Å²) >= 11 is 0. The second-order valence-corrected chi connectivity index (χ2v) is 10.4. The molecule has 4 fully saturated rings. The SMILES string of the molecule is CC(C)C1CCC(N2CCC3(CC2)[C@@H]2CNC[C@@H]2CN3c2ccccc2)CC1. The van der Waals surface area contributed by atoms with Gasteiger partial charge in [-0.05, 0) is 68.4 Å². The minimum absolute atomic E-state index is 0.390. The van der Waals surface area contributed by atoms with E-state index in [1.54, 1.807) is 0 Å². The minimum atomic E-state index is 0.390. The van der Waals surface area contributed by atoms with Gasteiger partial charge in [0.05, 0.1) is 0 Å². The fraction of sp³-hybridized carbons (Fsp3) is 0.760. The van der Waals surface area contributed by atoms with Crippen molar-refractivity contribution in [3.63, 3.8) is 0 Å². The molecule has 1 N–H and O–H groups in total. The molecular formula is C25H39N3. The predicted octanol–water partition coefficient (Wildman–Crippen LogP) is 4.39. The molecule has 3 nitrogen and oxygen atoms in total. The molecule has 28 heavy (non-hydrogen) atoms. The van der Waals surface area contributed by atoms with Crippen LogP contribution in [0.1, 0.15) is 52.4 Å². The molecule has 0 aromatic heterocycles. The molecule has 3 saturated heterocycles. The molecule has 154 valence electrons. The highest BCUT2D eigenvalue weighted by Crippen LogP contribution is 2.49. The first kappa shape index (κ1) is 18.9. The van der Waals surface area contributed by atoms with Crippen LogP contribution in [0.2, 0.25) is 0 Å². The zero-order valence-corrected chi connectivity index (χ0v) is 17.9. The first-order valence-electron chi connectivity index (χ1n) is 11.9. The maximum absolute atomic E-state index is 3.72. The normalized spacial score (nSPS) is 35.6. The Morgan fingerprint density at radius 2 is 1.68 bits per heavy atom. The predicted molar refractivity (Wildman–Crippen MR) is 118 cm³/mol. The fourth-order valence-electron chi connectivity index (χ4n) is 7.19. The second-order valence-electron chi connectivity index (χ2n) is 10.4. The summed E-state index contributed by atoms with van der Waals surface area (Å²) in [6.07, 6.45) is 8.49. The molecule has 3 heteroatoms. The Kier molecular flexibility index (Phi) is 5.17. The van der Waals surface area contributed by atoms with E-state index in [-0.39, 0.29) is 0 Å². The lowest BCUT2D eigenvalue weighted by molar-refractivity contribution is 0.0655. The number of nitrogens with zero attached hydrogens (tertiary/aromatic N) is 2. The molecule has 2 atom stereocenters. The molecule has 3 heterocycles. The van der Waals surface area contributed by atoms with E-state index in [1.807, 2.05) is 0 Å². The van der Waals surface area contributed by atoms with Crippen LogP contribution in [-0.4, -0.2) is 49.2 Å². The molecule has 1 aliphatic carbocycles. The lowest BCUT2D eigenvalue weighted by Crippen LogP contribution is -2.58. The van der Waals surface area contributed by atoms with Crippen molar-refractivity contribution in [3.05, 3.63) is 30.3 Å². The Hall–Kier alpha value is -1.06. The zero-order valence-electron chi connectivity index (χ0n) is 17.9. The Bertz CT molecular complexity index is 641. The monoisotopic (exact) mass is 381 g/mol. The summed E-state index contributed by atoms with van der Waals surface area (Å²) in [5.74, 6) is 3.52. The lowest BCUT2D eigenvalue weighted by Gasteiger charge is -2.51. The number of fused-ring (bicyclic) bond motifs is 2. The van der Waals surface area contributed by atoms with Gasteiger partial charge < -0.3 is 15.1 Å². The van der Waals surface area contributed by atoms with E-state index >= 15 is 0 Å².